The number of carbonyl (C=O) groups is 2. The van der Waals surface area contributed by atoms with Gasteiger partial charge in [-0.15, -0.1) is 0 Å². The average Bonchev–Trinajstić information content (AvgIpc) is 2.61. The molecule has 1 N–H and O–H groups in total. The lowest BCUT2D eigenvalue weighted by Gasteiger charge is -2.28. The van der Waals surface area contributed by atoms with E-state index in [9.17, 15) is 9.59 Å². The number of aryl methyl sites for hydroxylation is 2. The standard InChI is InChI=1S/C21H26N2O2/c1-15-9-11-18(12-10-15)14-23(17(3)21(25)22-4)20(24)13-19-8-6-5-7-16(19)2/h5-12,17H,13-14H2,1-4H3,(H,22,25)/t17-/m1/s1. The van der Waals surface area contributed by atoms with Gasteiger partial charge in [0.15, 0.2) is 0 Å². The Hall–Kier alpha value is -2.62. The first-order valence-electron chi connectivity index (χ1n) is 8.53. The van der Waals surface area contributed by atoms with Crippen molar-refractivity contribution in [1.82, 2.24) is 10.2 Å². The van der Waals surface area contributed by atoms with Crippen molar-refractivity contribution < 1.29 is 9.59 Å². The van der Waals surface area contributed by atoms with Crippen molar-refractivity contribution in [2.24, 2.45) is 0 Å². The molecule has 0 saturated heterocycles. The minimum Gasteiger partial charge on any atom is -0.357 e. The van der Waals surface area contributed by atoms with E-state index in [-0.39, 0.29) is 11.8 Å². The molecule has 2 aromatic rings. The first kappa shape index (κ1) is 18.7. The molecule has 0 aliphatic heterocycles. The molecule has 0 bridgehead atoms. The molecule has 1 atom stereocenters. The molecule has 2 amide bonds. The predicted octanol–water partition coefficient (Wildman–Crippen LogP) is 3.01. The maximum Gasteiger partial charge on any atom is 0.242 e. The van der Waals surface area contributed by atoms with Gasteiger partial charge in [-0.05, 0) is 37.5 Å². The first-order chi connectivity index (χ1) is 11.9. The van der Waals surface area contributed by atoms with Crippen molar-refractivity contribution in [3.63, 3.8) is 0 Å². The molecule has 0 saturated carbocycles. The largest absolute Gasteiger partial charge is 0.357 e. The summed E-state index contributed by atoms with van der Waals surface area (Å²) in [5, 5.41) is 2.64. The van der Waals surface area contributed by atoms with Crippen LogP contribution in [0.5, 0.6) is 0 Å². The van der Waals surface area contributed by atoms with Gasteiger partial charge in [-0.2, -0.15) is 0 Å². The fourth-order valence-electron chi connectivity index (χ4n) is 2.75. The molecule has 2 rings (SSSR count). The third kappa shape index (κ3) is 4.92. The van der Waals surface area contributed by atoms with Gasteiger partial charge in [0.1, 0.15) is 6.04 Å². The number of nitrogens with one attached hydrogen (secondary N) is 1. The van der Waals surface area contributed by atoms with Crippen LogP contribution in [0, 0.1) is 13.8 Å². The molecule has 4 nitrogen and oxygen atoms in total. The predicted molar refractivity (Wildman–Crippen MR) is 100 cm³/mol. The van der Waals surface area contributed by atoms with E-state index in [0.717, 1.165) is 16.7 Å². The van der Waals surface area contributed by atoms with Crippen molar-refractivity contribution in [2.75, 3.05) is 7.05 Å². The SMILES string of the molecule is CNC(=O)[C@@H](C)N(Cc1ccc(C)cc1)C(=O)Cc1ccccc1C. The lowest BCUT2D eigenvalue weighted by atomic mass is 10.0. The van der Waals surface area contributed by atoms with Crippen LogP contribution in [0.15, 0.2) is 48.5 Å². The highest BCUT2D eigenvalue weighted by atomic mass is 16.2. The highest BCUT2D eigenvalue weighted by molar-refractivity contribution is 5.88. The van der Waals surface area contributed by atoms with Crippen LogP contribution in [-0.4, -0.2) is 29.8 Å². The van der Waals surface area contributed by atoms with Gasteiger partial charge >= 0.3 is 0 Å². The highest BCUT2D eigenvalue weighted by Crippen LogP contribution is 2.15. The molecular formula is C21H26N2O2. The number of amides is 2. The normalized spacial score (nSPS) is 11.7. The summed E-state index contributed by atoms with van der Waals surface area (Å²) < 4.78 is 0. The van der Waals surface area contributed by atoms with E-state index in [0.29, 0.717) is 13.0 Å². The molecule has 0 fully saturated rings. The molecule has 132 valence electrons. The zero-order valence-corrected chi connectivity index (χ0v) is 15.4. The van der Waals surface area contributed by atoms with Gasteiger partial charge in [0.25, 0.3) is 0 Å². The van der Waals surface area contributed by atoms with Gasteiger partial charge < -0.3 is 10.2 Å². The Labute approximate surface area is 149 Å². The quantitative estimate of drug-likeness (QED) is 0.880. The van der Waals surface area contributed by atoms with Crippen LogP contribution in [0.25, 0.3) is 0 Å². The van der Waals surface area contributed by atoms with Crippen molar-refractivity contribution >= 4 is 11.8 Å². The van der Waals surface area contributed by atoms with Gasteiger partial charge in [0, 0.05) is 13.6 Å². The van der Waals surface area contributed by atoms with Crippen molar-refractivity contribution in [1.29, 1.82) is 0 Å². The second-order valence-corrected chi connectivity index (χ2v) is 6.40. The Morgan fingerprint density at radius 3 is 2.28 bits per heavy atom. The maximum absolute atomic E-state index is 12.9. The summed E-state index contributed by atoms with van der Waals surface area (Å²) in [5.41, 5.74) is 4.25. The van der Waals surface area contributed by atoms with Crippen LogP contribution in [0.3, 0.4) is 0 Å². The van der Waals surface area contributed by atoms with Gasteiger partial charge in [-0.25, -0.2) is 0 Å². The van der Waals surface area contributed by atoms with Crippen molar-refractivity contribution in [3.05, 3.63) is 70.8 Å². The maximum atomic E-state index is 12.9. The molecule has 4 heteroatoms. The molecule has 0 aliphatic carbocycles. The summed E-state index contributed by atoms with van der Waals surface area (Å²) in [7, 11) is 1.59. The van der Waals surface area contributed by atoms with Gasteiger partial charge in [-0.3, -0.25) is 9.59 Å². The van der Waals surface area contributed by atoms with Crippen LogP contribution < -0.4 is 5.32 Å². The fourth-order valence-corrected chi connectivity index (χ4v) is 2.75. The van der Waals surface area contributed by atoms with Crippen LogP contribution in [-0.2, 0) is 22.6 Å². The van der Waals surface area contributed by atoms with Crippen LogP contribution in [0.4, 0.5) is 0 Å². The zero-order chi connectivity index (χ0) is 18.4. The fraction of sp³-hybridized carbons (Fsp3) is 0.333. The lowest BCUT2D eigenvalue weighted by Crippen LogP contribution is -2.47. The van der Waals surface area contributed by atoms with Gasteiger partial charge in [0.2, 0.25) is 11.8 Å². The second-order valence-electron chi connectivity index (χ2n) is 6.40. The smallest absolute Gasteiger partial charge is 0.242 e. The Kier molecular flexibility index (Phi) is 6.34. The second kappa shape index (κ2) is 8.47. The number of carbonyl (C=O) groups excluding carboxylic acids is 2. The van der Waals surface area contributed by atoms with Crippen molar-refractivity contribution in [3.8, 4) is 0 Å². The number of hydrogen-bond donors (Lipinski definition) is 1. The zero-order valence-electron chi connectivity index (χ0n) is 15.4. The van der Waals surface area contributed by atoms with Crippen LogP contribution in [0.1, 0.15) is 29.2 Å². The van der Waals surface area contributed by atoms with Crippen molar-refractivity contribution in [2.45, 2.75) is 39.8 Å². The number of likely N-dealkylation sites (N-methyl/N-ethyl adjacent to an activating group) is 1. The number of rotatable bonds is 6. The summed E-state index contributed by atoms with van der Waals surface area (Å²) in [6, 6.07) is 15.4. The molecule has 25 heavy (non-hydrogen) atoms. The third-order valence-electron chi connectivity index (χ3n) is 4.49. The molecule has 0 heterocycles. The average molecular weight is 338 g/mol. The minimum atomic E-state index is -0.525. The van der Waals surface area contributed by atoms with E-state index in [1.54, 1.807) is 18.9 Å². The summed E-state index contributed by atoms with van der Waals surface area (Å²) in [6.45, 7) is 6.20. The molecule has 0 aromatic heterocycles. The monoisotopic (exact) mass is 338 g/mol. The molecule has 0 aliphatic rings. The Morgan fingerprint density at radius 2 is 1.68 bits per heavy atom. The van der Waals surface area contributed by atoms with E-state index in [1.807, 2.05) is 62.4 Å². The van der Waals surface area contributed by atoms with Gasteiger partial charge in [0.05, 0.1) is 6.42 Å². The van der Waals surface area contributed by atoms with Gasteiger partial charge in [-0.1, -0.05) is 54.1 Å². The molecule has 0 spiro atoms. The highest BCUT2D eigenvalue weighted by Gasteiger charge is 2.25. The van der Waals surface area contributed by atoms with E-state index < -0.39 is 6.04 Å². The molecule has 0 radical (unpaired) electrons. The summed E-state index contributed by atoms with van der Waals surface area (Å²) >= 11 is 0. The summed E-state index contributed by atoms with van der Waals surface area (Å²) in [6.07, 6.45) is 0.292. The molecular weight excluding hydrogens is 312 g/mol. The Bertz CT molecular complexity index is 738. The summed E-state index contributed by atoms with van der Waals surface area (Å²) in [4.78, 5) is 26.7. The van der Waals surface area contributed by atoms with Crippen LogP contribution in [0.2, 0.25) is 0 Å². The number of nitrogens with zero attached hydrogens (tertiary/aromatic N) is 1. The lowest BCUT2D eigenvalue weighted by molar-refractivity contribution is -0.139. The summed E-state index contributed by atoms with van der Waals surface area (Å²) in [5.74, 6) is -0.212. The third-order valence-corrected chi connectivity index (χ3v) is 4.49. The Morgan fingerprint density at radius 1 is 1.04 bits per heavy atom. The molecule has 0 unspecified atom stereocenters. The molecule has 2 aromatic carbocycles. The van der Waals surface area contributed by atoms with E-state index in [2.05, 4.69) is 5.32 Å². The Balaban J connectivity index is 2.23. The number of benzene rings is 2. The topological polar surface area (TPSA) is 49.4 Å². The van der Waals surface area contributed by atoms with E-state index in [1.165, 1.54) is 5.56 Å². The van der Waals surface area contributed by atoms with E-state index in [4.69, 9.17) is 0 Å². The first-order valence-corrected chi connectivity index (χ1v) is 8.53. The number of hydrogen-bond acceptors (Lipinski definition) is 2. The van der Waals surface area contributed by atoms with E-state index >= 15 is 0 Å². The minimum absolute atomic E-state index is 0.0500. The van der Waals surface area contributed by atoms with Crippen LogP contribution >= 0.6 is 0 Å².